The van der Waals surface area contributed by atoms with Gasteiger partial charge in [-0.15, -0.1) is 0 Å². The van der Waals surface area contributed by atoms with E-state index < -0.39 is 11.6 Å². The molecule has 5 heteroatoms. The van der Waals surface area contributed by atoms with Crippen molar-refractivity contribution >= 4 is 22.1 Å². The molecule has 5 rings (SSSR count). The number of furan rings is 1. The zero-order valence-electron chi connectivity index (χ0n) is 16.8. The van der Waals surface area contributed by atoms with Crippen LogP contribution in [0, 0.1) is 25.5 Å². The van der Waals surface area contributed by atoms with Crippen LogP contribution in [0.2, 0.25) is 0 Å². The van der Waals surface area contributed by atoms with Crippen LogP contribution in [0.5, 0.6) is 0 Å². The molecule has 148 valence electrons. The molecule has 0 radical (unpaired) electrons. The third kappa shape index (κ3) is 2.77. The van der Waals surface area contributed by atoms with Gasteiger partial charge in [-0.1, -0.05) is 24.3 Å². The number of halogens is 2. The number of pyridine rings is 2. The van der Waals surface area contributed by atoms with Gasteiger partial charge in [0.25, 0.3) is 0 Å². The van der Waals surface area contributed by atoms with Gasteiger partial charge in [0, 0.05) is 33.7 Å². The minimum atomic E-state index is -0.857. The number of hydrogen-bond acceptors (Lipinski definition) is 2. The zero-order valence-corrected chi connectivity index (χ0v) is 16.8. The number of fused-ring (bicyclic) bond motifs is 3. The van der Waals surface area contributed by atoms with Crippen molar-refractivity contribution in [1.29, 1.82) is 0 Å². The smallest absolute Gasteiger partial charge is 0.227 e. The first-order valence-electron chi connectivity index (χ1n) is 9.68. The summed E-state index contributed by atoms with van der Waals surface area (Å²) in [6, 6.07) is 16.0. The number of aromatic nitrogens is 2. The molecule has 0 amide bonds. The molecule has 5 aromatic rings. The molecule has 0 saturated carbocycles. The number of nitrogens with zero attached hydrogens (tertiary/aromatic N) is 2. The Bertz CT molecular complexity index is 1450. The zero-order chi connectivity index (χ0) is 21.0. The second-order valence-electron chi connectivity index (χ2n) is 7.56. The Morgan fingerprint density at radius 3 is 2.50 bits per heavy atom. The van der Waals surface area contributed by atoms with Crippen LogP contribution < -0.4 is 4.57 Å². The lowest BCUT2D eigenvalue weighted by Gasteiger charge is -2.08. The second kappa shape index (κ2) is 6.73. The summed E-state index contributed by atoms with van der Waals surface area (Å²) in [6.07, 6.45) is 1.80. The predicted octanol–water partition coefficient (Wildman–Crippen LogP) is 6.03. The third-order valence-corrected chi connectivity index (χ3v) is 5.51. The van der Waals surface area contributed by atoms with Crippen molar-refractivity contribution in [3.8, 4) is 22.4 Å². The van der Waals surface area contributed by atoms with Gasteiger partial charge in [0.15, 0.2) is 23.4 Å². The average molecular weight is 401 g/mol. The van der Waals surface area contributed by atoms with Crippen LogP contribution in [-0.4, -0.2) is 4.98 Å². The maximum absolute atomic E-state index is 14.3. The van der Waals surface area contributed by atoms with Gasteiger partial charge in [0.2, 0.25) is 11.4 Å². The molecule has 0 unspecified atom stereocenters. The lowest BCUT2D eigenvalue weighted by Crippen LogP contribution is -2.31. The predicted molar refractivity (Wildman–Crippen MR) is 113 cm³/mol. The van der Waals surface area contributed by atoms with E-state index in [2.05, 4.69) is 11.1 Å². The van der Waals surface area contributed by atoms with E-state index in [1.54, 1.807) is 18.3 Å². The summed E-state index contributed by atoms with van der Waals surface area (Å²) in [6.45, 7) is 3.96. The second-order valence-corrected chi connectivity index (χ2v) is 7.56. The molecule has 0 saturated heterocycles. The largest absolute Gasteiger partial charge is 0.437 e. The van der Waals surface area contributed by atoms with E-state index in [4.69, 9.17) is 4.42 Å². The van der Waals surface area contributed by atoms with Crippen molar-refractivity contribution in [2.24, 2.45) is 7.05 Å². The van der Waals surface area contributed by atoms with Crippen LogP contribution in [0.15, 0.2) is 65.2 Å². The molecule has 0 aliphatic rings. The molecule has 0 spiro atoms. The average Bonchev–Trinajstić information content (AvgIpc) is 3.08. The summed E-state index contributed by atoms with van der Waals surface area (Å²) in [4.78, 5) is 4.52. The summed E-state index contributed by atoms with van der Waals surface area (Å²) < 4.78 is 36.0. The molecule has 0 atom stereocenters. The van der Waals surface area contributed by atoms with E-state index in [9.17, 15) is 8.78 Å². The Labute approximate surface area is 172 Å². The number of hydrogen-bond donors (Lipinski definition) is 0. The highest BCUT2D eigenvalue weighted by Gasteiger charge is 2.22. The Morgan fingerprint density at radius 1 is 0.900 bits per heavy atom. The standard InChI is InChI=1S/C25H19F2N2O/c1-14-7-10-18-19-11-8-15(2)28-25(19)30-24(18)22(14)21-12-9-16(13-29(21)3)17-5-4-6-20(26)23(17)27/h4-13H,1-3H3/q+1. The third-order valence-electron chi connectivity index (χ3n) is 5.51. The molecule has 0 aliphatic heterocycles. The van der Waals surface area contributed by atoms with Crippen LogP contribution in [0.4, 0.5) is 8.78 Å². The molecule has 3 heterocycles. The van der Waals surface area contributed by atoms with Crippen LogP contribution in [0.25, 0.3) is 44.5 Å². The van der Waals surface area contributed by atoms with E-state index in [-0.39, 0.29) is 5.56 Å². The first-order chi connectivity index (χ1) is 14.4. The Morgan fingerprint density at radius 2 is 1.70 bits per heavy atom. The summed E-state index contributed by atoms with van der Waals surface area (Å²) >= 11 is 0. The molecule has 0 fully saturated rings. The van der Waals surface area contributed by atoms with Gasteiger partial charge in [-0.25, -0.2) is 18.3 Å². The van der Waals surface area contributed by atoms with Gasteiger partial charge >= 0.3 is 0 Å². The number of rotatable bonds is 2. The van der Waals surface area contributed by atoms with Crippen LogP contribution in [0.1, 0.15) is 11.3 Å². The molecule has 30 heavy (non-hydrogen) atoms. The SMILES string of the molecule is Cc1ccc2c(n1)oc1c(-c3ccc(-c4cccc(F)c4F)c[n+]3C)c(C)ccc12. The topological polar surface area (TPSA) is 29.9 Å². The van der Waals surface area contributed by atoms with E-state index in [0.29, 0.717) is 11.3 Å². The molecule has 0 bridgehead atoms. The van der Waals surface area contributed by atoms with Crippen molar-refractivity contribution in [3.05, 3.63) is 83.7 Å². The summed E-state index contributed by atoms with van der Waals surface area (Å²) in [5, 5.41) is 1.97. The Balaban J connectivity index is 1.73. The molecule has 0 aliphatic carbocycles. The summed E-state index contributed by atoms with van der Waals surface area (Å²) in [5.74, 6) is -1.70. The molecular formula is C25H19F2N2O+. The van der Waals surface area contributed by atoms with Gasteiger partial charge in [-0.05, 0) is 43.7 Å². The van der Waals surface area contributed by atoms with Crippen molar-refractivity contribution in [1.82, 2.24) is 4.98 Å². The molecule has 0 N–H and O–H groups in total. The van der Waals surface area contributed by atoms with Crippen LogP contribution in [0.3, 0.4) is 0 Å². The lowest BCUT2D eigenvalue weighted by atomic mass is 9.99. The number of aryl methyl sites for hydroxylation is 3. The van der Waals surface area contributed by atoms with Crippen LogP contribution >= 0.6 is 0 Å². The fourth-order valence-corrected chi connectivity index (χ4v) is 3.98. The van der Waals surface area contributed by atoms with Crippen molar-refractivity contribution < 1.29 is 17.8 Å². The van der Waals surface area contributed by atoms with E-state index in [1.807, 2.05) is 49.7 Å². The van der Waals surface area contributed by atoms with Gasteiger partial charge in [-0.3, -0.25) is 0 Å². The van der Waals surface area contributed by atoms with Crippen molar-refractivity contribution in [2.45, 2.75) is 13.8 Å². The van der Waals surface area contributed by atoms with Gasteiger partial charge in [-0.2, -0.15) is 0 Å². The van der Waals surface area contributed by atoms with E-state index in [0.717, 1.165) is 44.9 Å². The fraction of sp³-hybridized carbons (Fsp3) is 0.120. The van der Waals surface area contributed by atoms with Crippen molar-refractivity contribution in [3.63, 3.8) is 0 Å². The summed E-state index contributed by atoms with van der Waals surface area (Å²) in [7, 11) is 1.89. The lowest BCUT2D eigenvalue weighted by molar-refractivity contribution is -0.659. The molecule has 2 aromatic carbocycles. The molecular weight excluding hydrogens is 382 g/mol. The van der Waals surface area contributed by atoms with E-state index in [1.165, 1.54) is 6.07 Å². The highest BCUT2D eigenvalue weighted by molar-refractivity contribution is 6.08. The quantitative estimate of drug-likeness (QED) is 0.338. The normalized spacial score (nSPS) is 11.5. The Hall–Kier alpha value is -3.60. The Kier molecular flexibility index (Phi) is 4.13. The molecule has 3 aromatic heterocycles. The maximum Gasteiger partial charge on any atom is 0.227 e. The van der Waals surface area contributed by atoms with Crippen LogP contribution in [-0.2, 0) is 7.05 Å². The van der Waals surface area contributed by atoms with Gasteiger partial charge in [0.1, 0.15) is 7.05 Å². The monoisotopic (exact) mass is 401 g/mol. The fourth-order valence-electron chi connectivity index (χ4n) is 3.98. The molecule has 3 nitrogen and oxygen atoms in total. The highest BCUT2D eigenvalue weighted by atomic mass is 19.2. The minimum Gasteiger partial charge on any atom is -0.437 e. The van der Waals surface area contributed by atoms with E-state index >= 15 is 0 Å². The number of benzene rings is 2. The summed E-state index contributed by atoms with van der Waals surface area (Å²) in [5.41, 5.74) is 6.03. The first kappa shape index (κ1) is 18.4. The maximum atomic E-state index is 14.3. The van der Waals surface area contributed by atoms with Gasteiger partial charge in [0.05, 0.1) is 5.56 Å². The highest BCUT2D eigenvalue weighted by Crippen LogP contribution is 2.36. The van der Waals surface area contributed by atoms with Crippen molar-refractivity contribution in [2.75, 3.05) is 0 Å². The first-order valence-corrected chi connectivity index (χ1v) is 9.68. The van der Waals surface area contributed by atoms with Gasteiger partial charge < -0.3 is 4.42 Å². The minimum absolute atomic E-state index is 0.232.